The van der Waals surface area contributed by atoms with Crippen molar-refractivity contribution in [3.63, 3.8) is 0 Å². The van der Waals surface area contributed by atoms with Crippen LogP contribution in [0.15, 0.2) is 12.1 Å². The number of carboxylic acid groups (broad SMARTS) is 1. The first kappa shape index (κ1) is 14.5. The molecule has 0 aromatic carbocycles. The Morgan fingerprint density at radius 3 is 2.79 bits per heavy atom. The van der Waals surface area contributed by atoms with Crippen LogP contribution in [0.25, 0.3) is 0 Å². The first-order valence-corrected chi connectivity index (χ1v) is 7.43. The van der Waals surface area contributed by atoms with Gasteiger partial charge in [0.2, 0.25) is 0 Å². The van der Waals surface area contributed by atoms with E-state index in [-0.39, 0.29) is 12.2 Å². The summed E-state index contributed by atoms with van der Waals surface area (Å²) in [6, 6.07) is 4.77. The van der Waals surface area contributed by atoms with Crippen molar-refractivity contribution >= 4 is 17.3 Å². The Bertz CT molecular complexity index is 451. The molecule has 0 aliphatic carbocycles. The van der Waals surface area contributed by atoms with Gasteiger partial charge in [0.05, 0.1) is 5.60 Å². The lowest BCUT2D eigenvalue weighted by Crippen LogP contribution is -2.62. The summed E-state index contributed by atoms with van der Waals surface area (Å²) in [5.41, 5.74) is -0.308. The number of nitrogens with zero attached hydrogens (tertiary/aromatic N) is 1. The van der Waals surface area contributed by atoms with Gasteiger partial charge in [0.15, 0.2) is 0 Å². The van der Waals surface area contributed by atoms with Crippen LogP contribution in [0, 0.1) is 0 Å². The van der Waals surface area contributed by atoms with Gasteiger partial charge in [0.1, 0.15) is 6.61 Å². The first-order chi connectivity index (χ1) is 8.93. The van der Waals surface area contributed by atoms with Crippen molar-refractivity contribution in [2.45, 2.75) is 38.8 Å². The molecule has 1 unspecified atom stereocenters. The molecule has 0 radical (unpaired) electrons. The molecule has 1 fully saturated rings. The summed E-state index contributed by atoms with van der Waals surface area (Å²) in [5, 5.41) is 8.64. The number of carboxylic acids is 1. The highest BCUT2D eigenvalue weighted by molar-refractivity contribution is 7.12. The molecule has 1 N–H and O–H groups in total. The predicted molar refractivity (Wildman–Crippen MR) is 75.7 cm³/mol. The molecule has 2 heterocycles. The Morgan fingerprint density at radius 1 is 1.58 bits per heavy atom. The van der Waals surface area contributed by atoms with Crippen molar-refractivity contribution in [3.05, 3.63) is 21.9 Å². The Hall–Kier alpha value is -0.910. The van der Waals surface area contributed by atoms with Crippen LogP contribution in [-0.2, 0) is 16.0 Å². The average Bonchev–Trinajstić information content (AvgIpc) is 2.80. The summed E-state index contributed by atoms with van der Waals surface area (Å²) in [6.07, 6.45) is 1.08. The fourth-order valence-corrected chi connectivity index (χ4v) is 3.44. The normalized spacial score (nSPS) is 19.9. The molecule has 1 atom stereocenters. The lowest BCUT2D eigenvalue weighted by molar-refractivity contribution is -0.169. The lowest BCUT2D eigenvalue weighted by Gasteiger charge is -2.49. The smallest absolute Gasteiger partial charge is 0.329 e. The molecule has 19 heavy (non-hydrogen) atoms. The van der Waals surface area contributed by atoms with E-state index >= 15 is 0 Å². The molecule has 1 saturated heterocycles. The molecule has 0 spiro atoms. The van der Waals surface area contributed by atoms with Crippen LogP contribution in [-0.4, -0.2) is 41.3 Å². The average molecular weight is 283 g/mol. The number of thiophene rings is 1. The number of ether oxygens (including phenoxy) is 1. The topological polar surface area (TPSA) is 49.8 Å². The van der Waals surface area contributed by atoms with Gasteiger partial charge >= 0.3 is 5.97 Å². The molecule has 2 rings (SSSR count). The largest absolute Gasteiger partial charge is 0.480 e. The van der Waals surface area contributed by atoms with E-state index in [0.29, 0.717) is 6.04 Å². The quantitative estimate of drug-likeness (QED) is 0.871. The van der Waals surface area contributed by atoms with E-state index in [4.69, 9.17) is 9.84 Å². The van der Waals surface area contributed by atoms with E-state index in [2.05, 4.69) is 30.9 Å². The number of carbonyl (C=O) groups is 1. The maximum Gasteiger partial charge on any atom is 0.329 e. The zero-order chi connectivity index (χ0) is 14.0. The van der Waals surface area contributed by atoms with Crippen LogP contribution >= 0.6 is 11.3 Å². The molecule has 1 aromatic heterocycles. The van der Waals surface area contributed by atoms with Gasteiger partial charge < -0.3 is 9.84 Å². The summed E-state index contributed by atoms with van der Waals surface area (Å²) in [5.74, 6) is -0.904. The molecule has 1 aromatic rings. The second-order valence-electron chi connectivity index (χ2n) is 5.37. The number of aliphatic carboxylic acids is 1. The lowest BCUT2D eigenvalue weighted by atomic mass is 9.94. The molecule has 1 aliphatic rings. The van der Waals surface area contributed by atoms with E-state index < -0.39 is 5.97 Å². The van der Waals surface area contributed by atoms with E-state index in [1.165, 1.54) is 9.75 Å². The van der Waals surface area contributed by atoms with Gasteiger partial charge in [-0.2, -0.15) is 0 Å². The monoisotopic (exact) mass is 283 g/mol. The third kappa shape index (κ3) is 3.35. The fourth-order valence-electron chi connectivity index (χ4n) is 2.40. The molecule has 1 aliphatic heterocycles. The molecule has 0 amide bonds. The van der Waals surface area contributed by atoms with Crippen LogP contribution in [0.2, 0.25) is 0 Å². The SMILES string of the molecule is CCc1ccc(C(C)N2CC(C)(OCC(=O)O)C2)s1. The fraction of sp³-hybridized carbons (Fsp3) is 0.643. The van der Waals surface area contributed by atoms with Gasteiger partial charge in [-0.15, -0.1) is 11.3 Å². The number of rotatable bonds is 6. The minimum Gasteiger partial charge on any atom is -0.480 e. The zero-order valence-corrected chi connectivity index (χ0v) is 12.5. The first-order valence-electron chi connectivity index (χ1n) is 6.62. The summed E-state index contributed by atoms with van der Waals surface area (Å²) in [7, 11) is 0. The van der Waals surface area contributed by atoms with E-state index in [1.54, 1.807) is 0 Å². The number of likely N-dealkylation sites (tertiary alicyclic amines) is 1. The van der Waals surface area contributed by atoms with E-state index in [0.717, 1.165) is 19.5 Å². The van der Waals surface area contributed by atoms with Gasteiger partial charge in [-0.05, 0) is 32.4 Å². The van der Waals surface area contributed by atoms with Crippen molar-refractivity contribution in [1.29, 1.82) is 0 Å². The van der Waals surface area contributed by atoms with Gasteiger partial charge in [-0.1, -0.05) is 6.92 Å². The van der Waals surface area contributed by atoms with Gasteiger partial charge in [0.25, 0.3) is 0 Å². The van der Waals surface area contributed by atoms with Crippen LogP contribution in [0.4, 0.5) is 0 Å². The van der Waals surface area contributed by atoms with Crippen molar-refractivity contribution in [1.82, 2.24) is 4.90 Å². The Kier molecular flexibility index (Phi) is 4.28. The van der Waals surface area contributed by atoms with Gasteiger partial charge in [-0.25, -0.2) is 4.79 Å². The second-order valence-corrected chi connectivity index (χ2v) is 6.57. The number of hydrogen-bond acceptors (Lipinski definition) is 4. The minimum absolute atomic E-state index is 0.211. The molecule has 106 valence electrons. The van der Waals surface area contributed by atoms with Crippen molar-refractivity contribution < 1.29 is 14.6 Å². The van der Waals surface area contributed by atoms with Crippen molar-refractivity contribution in [2.75, 3.05) is 19.7 Å². The molecular formula is C14H21NO3S. The van der Waals surface area contributed by atoms with E-state index in [9.17, 15) is 4.79 Å². The summed E-state index contributed by atoms with van der Waals surface area (Å²) in [6.45, 7) is 7.72. The summed E-state index contributed by atoms with van der Waals surface area (Å²) < 4.78 is 5.43. The van der Waals surface area contributed by atoms with Crippen molar-refractivity contribution in [2.24, 2.45) is 0 Å². The third-order valence-electron chi connectivity index (χ3n) is 3.61. The highest BCUT2D eigenvalue weighted by atomic mass is 32.1. The van der Waals surface area contributed by atoms with Crippen LogP contribution in [0.3, 0.4) is 0 Å². The number of hydrogen-bond donors (Lipinski definition) is 1. The predicted octanol–water partition coefficient (Wildman–Crippen LogP) is 2.55. The van der Waals surface area contributed by atoms with Gasteiger partial charge in [0, 0.05) is 28.9 Å². The third-order valence-corrected chi connectivity index (χ3v) is 5.01. The highest BCUT2D eigenvalue weighted by Gasteiger charge is 2.42. The Labute approximate surface area is 118 Å². The van der Waals surface area contributed by atoms with E-state index in [1.807, 2.05) is 18.3 Å². The Balaban J connectivity index is 1.87. The van der Waals surface area contributed by atoms with Crippen molar-refractivity contribution in [3.8, 4) is 0 Å². The molecule has 0 saturated carbocycles. The summed E-state index contributed by atoms with van der Waals surface area (Å²) >= 11 is 1.86. The molecule has 0 bridgehead atoms. The maximum absolute atomic E-state index is 10.5. The zero-order valence-electron chi connectivity index (χ0n) is 11.7. The van der Waals surface area contributed by atoms with Crippen LogP contribution < -0.4 is 0 Å². The standard InChI is InChI=1S/C14H21NO3S/c1-4-11-5-6-12(19-11)10(2)15-8-14(3,9-15)18-7-13(16)17/h5-6,10H,4,7-9H2,1-3H3,(H,16,17). The van der Waals surface area contributed by atoms with Gasteiger partial charge in [-0.3, -0.25) is 4.90 Å². The number of aryl methyl sites for hydroxylation is 1. The molecule has 4 nitrogen and oxygen atoms in total. The summed E-state index contributed by atoms with van der Waals surface area (Å²) in [4.78, 5) is 15.6. The molecular weight excluding hydrogens is 262 g/mol. The molecule has 5 heteroatoms. The highest BCUT2D eigenvalue weighted by Crippen LogP contribution is 2.35. The minimum atomic E-state index is -0.904. The maximum atomic E-state index is 10.5. The van der Waals surface area contributed by atoms with Crippen LogP contribution in [0.1, 0.15) is 36.6 Å². The van der Waals surface area contributed by atoms with Crippen LogP contribution in [0.5, 0.6) is 0 Å². The second kappa shape index (κ2) is 5.61. The Morgan fingerprint density at radius 2 is 2.26 bits per heavy atom.